The van der Waals surface area contributed by atoms with Crippen LogP contribution in [0.15, 0.2) is 101 Å². The molecule has 2 aliphatic heterocycles. The first-order valence-corrected chi connectivity index (χ1v) is 42.5. The highest BCUT2D eigenvalue weighted by atomic mass is 32.2. The van der Waals surface area contributed by atoms with E-state index in [9.17, 15) is 131 Å². The standard InChI is InChI=1S/C80H102F6N22O24S/c1-41(2)63-73(124)100-49(12-7-27-91-77(87)106-75(126)79(81,82)83)67(118)94-39-59(110)97-54(35-61(112)113)69(120)102-52(71(122)104-63)33-43-15-20-47(21-16-43)131-31-9-29-89-58(109)26-24-51(99-65(116)46-19-25-57(93-37-46)108-96-38-45-11-5-6-14-56(45)133(128,129)130)66(117)90-30-10-32-132-48-22-17-44(18-23-48)34-53-72(123)105-64(42(3)4)74(125)101-50(13-8-28-92-78(88)107-76(127)80(84,85)86)68(119)95-40-60(111)98-55(36-62(114)115)70(121)103-53/h5-6,11,14-23,25,37-38,41-42,49-55,63-64H,7-10,12-13,24,26-36,39-40H2,1-4H3,(H,89,109)(H,90,117)(H,93,108)(H,94,118)(H,95,119)(H,97,110)(H,98,111)(H,99,116)(H,100,124)(H,101,125)(H,102,120)(H,103,121)(H,104,122)(H,105,123)(H,112,113)(H,114,115)(H,128,129,130)(H3,87,91,106,126)(H3,88,92,107,127)/b96-38+/t49-,50-,51-,52+,53+,54-,55-,63-,64-/m0/s1. The molecule has 0 bridgehead atoms. The van der Waals surface area contributed by atoms with Crippen LogP contribution in [-0.4, -0.2) is 266 Å². The number of carboxylic acids is 2. The van der Waals surface area contributed by atoms with E-state index in [0.717, 1.165) is 18.5 Å². The van der Waals surface area contributed by atoms with E-state index in [1.54, 1.807) is 0 Å². The Morgan fingerprint density at radius 1 is 0.526 bits per heavy atom. The molecule has 2 saturated heterocycles. The van der Waals surface area contributed by atoms with Gasteiger partial charge < -0.3 is 99.4 Å². The number of guanidine groups is 2. The SMILES string of the molecule is CC(C)[C@@H]1NC(=O)[C@@H](Cc2ccc(OCCCNC(=O)CC[C@H](NC(=O)c3ccc(N/N=C/c4ccccc4S(=O)(=O)O)nc3)C(=O)NCCCOc3ccc(C[C@H]4NC(=O)[C@H](CC(=O)O)NC(=O)CNC(=O)[C@H](CCCNC(=N)NC(=O)C(F)(F)F)NC(=O)[C@H](C(C)C)NC4=O)cc3)cc2)NC(=O)[C@H](CC(=O)O)NC(=O)CNC(=O)[C@H](CCCNC(=N)NC(=O)C(F)(F)F)NC1=O. The monoisotopic (exact) mass is 1900 g/mol. The van der Waals surface area contributed by atoms with Gasteiger partial charge in [0.2, 0.25) is 70.9 Å². The fourth-order valence-electron chi connectivity index (χ4n) is 12.4. The predicted molar refractivity (Wildman–Crippen MR) is 453 cm³/mol. The van der Waals surface area contributed by atoms with Crippen LogP contribution in [0.1, 0.15) is 119 Å². The Morgan fingerprint density at radius 2 is 0.947 bits per heavy atom. The number of hydrogen-bond donors (Lipinski definition) is 23. The van der Waals surface area contributed by atoms with E-state index in [2.05, 4.69) is 95.3 Å². The van der Waals surface area contributed by atoms with Gasteiger partial charge in [0.15, 0.2) is 11.9 Å². The van der Waals surface area contributed by atoms with E-state index in [1.807, 2.05) is 0 Å². The zero-order valence-electron chi connectivity index (χ0n) is 71.7. The zero-order chi connectivity index (χ0) is 98.5. The molecule has 15 amide bonds. The fourth-order valence-corrected chi connectivity index (χ4v) is 13.1. The Labute approximate surface area is 754 Å². The molecule has 133 heavy (non-hydrogen) atoms. The van der Waals surface area contributed by atoms with Crippen LogP contribution >= 0.6 is 0 Å². The summed E-state index contributed by atoms with van der Waals surface area (Å²) >= 11 is 0. The van der Waals surface area contributed by atoms with Crippen molar-refractivity contribution in [3.05, 3.63) is 113 Å². The first-order chi connectivity index (χ1) is 62.6. The summed E-state index contributed by atoms with van der Waals surface area (Å²) < 4.78 is 122. The number of amides is 15. The van der Waals surface area contributed by atoms with Gasteiger partial charge in [-0.05, 0) is 110 Å². The van der Waals surface area contributed by atoms with E-state index in [0.29, 0.717) is 11.1 Å². The van der Waals surface area contributed by atoms with E-state index in [-0.39, 0.29) is 132 Å². The van der Waals surface area contributed by atoms with Crippen molar-refractivity contribution in [1.29, 1.82) is 10.8 Å². The lowest BCUT2D eigenvalue weighted by molar-refractivity contribution is -0.172. The van der Waals surface area contributed by atoms with Crippen LogP contribution in [0.25, 0.3) is 0 Å². The number of alkyl halides is 6. The first-order valence-electron chi connectivity index (χ1n) is 41.1. The van der Waals surface area contributed by atoms with Crippen LogP contribution in [0.2, 0.25) is 0 Å². The van der Waals surface area contributed by atoms with Crippen molar-refractivity contribution in [2.24, 2.45) is 16.9 Å². The number of carbonyl (C=O) groups is 17. The van der Waals surface area contributed by atoms with Gasteiger partial charge in [-0.2, -0.15) is 39.9 Å². The summed E-state index contributed by atoms with van der Waals surface area (Å²) in [5, 5.41) is 77.5. The van der Waals surface area contributed by atoms with Crippen molar-refractivity contribution < 1.29 is 141 Å². The number of hydrazone groups is 1. The molecule has 0 saturated carbocycles. The summed E-state index contributed by atoms with van der Waals surface area (Å²) in [4.78, 5) is 228. The summed E-state index contributed by atoms with van der Waals surface area (Å²) in [6.07, 6.45) is -12.2. The molecule has 0 spiro atoms. The number of halogens is 6. The summed E-state index contributed by atoms with van der Waals surface area (Å²) in [6.45, 7) is 3.63. The highest BCUT2D eigenvalue weighted by Gasteiger charge is 2.42. The smallest absolute Gasteiger partial charge is 0.471 e. The molecule has 6 rings (SSSR count). The van der Waals surface area contributed by atoms with Crippen LogP contribution in [0.5, 0.6) is 11.5 Å². The first kappa shape index (κ1) is 107. The molecular weight excluding hydrogens is 1800 g/mol. The molecule has 53 heteroatoms. The Kier molecular flexibility index (Phi) is 41.6. The Balaban J connectivity index is 1.08. The highest BCUT2D eigenvalue weighted by molar-refractivity contribution is 7.86. The molecule has 0 radical (unpaired) electrons. The lowest BCUT2D eigenvalue weighted by atomic mass is 9.99. The minimum absolute atomic E-state index is 0.00294. The number of hydrogen-bond acceptors (Lipinski definition) is 26. The Morgan fingerprint density at radius 3 is 1.36 bits per heavy atom. The molecule has 1 aromatic heterocycles. The third kappa shape index (κ3) is 37.7. The van der Waals surface area contributed by atoms with Gasteiger partial charge in [-0.25, -0.2) is 4.98 Å². The number of carboxylic acid groups (broad SMARTS) is 2. The summed E-state index contributed by atoms with van der Waals surface area (Å²) in [5.41, 5.74) is 3.24. The van der Waals surface area contributed by atoms with Crippen molar-refractivity contribution in [2.45, 2.75) is 176 Å². The molecule has 0 aliphatic carbocycles. The topological polar surface area (TPSA) is 693 Å². The van der Waals surface area contributed by atoms with E-state index in [4.69, 9.17) is 20.3 Å². The van der Waals surface area contributed by atoms with Gasteiger partial charge in [0.25, 0.3) is 16.0 Å². The van der Waals surface area contributed by atoms with Crippen molar-refractivity contribution in [1.82, 2.24) is 95.4 Å². The minimum Gasteiger partial charge on any atom is -0.494 e. The molecule has 3 heterocycles. The average molecular weight is 1900 g/mol. The van der Waals surface area contributed by atoms with Crippen LogP contribution < -0.4 is 105 Å². The molecule has 2 aliphatic rings. The second kappa shape index (κ2) is 51.6. The van der Waals surface area contributed by atoms with Gasteiger partial charge in [-0.1, -0.05) is 70.2 Å². The van der Waals surface area contributed by atoms with Crippen LogP contribution in [0, 0.1) is 22.7 Å². The van der Waals surface area contributed by atoms with Gasteiger partial charge in [-0.3, -0.25) is 113 Å². The molecular formula is C80H102F6N22O24S. The predicted octanol–water partition coefficient (Wildman–Crippen LogP) is -2.73. The Bertz CT molecular complexity index is 5020. The van der Waals surface area contributed by atoms with E-state index >= 15 is 0 Å². The molecule has 0 unspecified atom stereocenters. The van der Waals surface area contributed by atoms with Gasteiger partial charge in [0.05, 0.1) is 50.9 Å². The van der Waals surface area contributed by atoms with Gasteiger partial charge in [0, 0.05) is 57.2 Å². The largest absolute Gasteiger partial charge is 0.494 e. The quantitative estimate of drug-likeness (QED) is 0.00541. The lowest BCUT2D eigenvalue weighted by Gasteiger charge is -2.27. The summed E-state index contributed by atoms with van der Waals surface area (Å²) in [7, 11) is -4.62. The molecule has 46 nitrogen and oxygen atoms in total. The third-order valence-corrected chi connectivity index (χ3v) is 20.2. The third-order valence-electron chi connectivity index (χ3n) is 19.3. The maximum Gasteiger partial charge on any atom is 0.471 e. The molecule has 23 N–H and O–H groups in total. The normalized spacial score (nSPS) is 19.0. The average Bonchev–Trinajstić information content (AvgIpc) is 1.83. The van der Waals surface area contributed by atoms with Crippen LogP contribution in [0.3, 0.4) is 0 Å². The van der Waals surface area contributed by atoms with Gasteiger partial charge >= 0.3 is 36.1 Å². The van der Waals surface area contributed by atoms with Crippen LogP contribution in [-0.2, 0) is 99.7 Å². The maximum atomic E-state index is 14.2. The number of nitrogens with zero attached hydrogens (tertiary/aromatic N) is 2. The number of pyridine rings is 1. The molecule has 724 valence electrons. The van der Waals surface area contributed by atoms with Crippen LogP contribution in [0.4, 0.5) is 32.2 Å². The second-order valence-corrected chi connectivity index (χ2v) is 31.9. The molecule has 9 atom stereocenters. The fraction of sp³-hybridized carbons (Fsp3) is 0.463. The Hall–Kier alpha value is -14.7. The second-order valence-electron chi connectivity index (χ2n) is 30.5. The van der Waals surface area contributed by atoms with Crippen molar-refractivity contribution in [3.8, 4) is 11.5 Å². The lowest BCUT2D eigenvalue weighted by Crippen LogP contribution is -2.59. The number of rotatable bonds is 38. The molecule has 2 fully saturated rings. The van der Waals surface area contributed by atoms with E-state index < -0.39 is 232 Å². The van der Waals surface area contributed by atoms with E-state index in [1.165, 1.54) is 117 Å². The molecule has 4 aromatic rings. The number of ether oxygens (including phenoxy) is 2. The number of aliphatic carboxylic acids is 2. The summed E-state index contributed by atoms with van der Waals surface area (Å²) in [6, 6.07) is 5.95. The number of carbonyl (C=O) groups excluding carboxylic acids is 15. The van der Waals surface area contributed by atoms with Crippen molar-refractivity contribution in [2.75, 3.05) is 57.9 Å². The zero-order valence-corrected chi connectivity index (χ0v) is 72.5. The highest BCUT2D eigenvalue weighted by Crippen LogP contribution is 2.21. The van der Waals surface area contributed by atoms with Crippen molar-refractivity contribution >= 4 is 135 Å². The van der Waals surface area contributed by atoms with Gasteiger partial charge in [-0.15, -0.1) is 0 Å². The number of nitrogens with one attached hydrogen (secondary N) is 20. The van der Waals surface area contributed by atoms with Gasteiger partial charge in [0.1, 0.15) is 76.6 Å². The number of benzene rings is 3. The molecule has 3 aromatic carbocycles. The van der Waals surface area contributed by atoms with Crippen molar-refractivity contribution in [3.63, 3.8) is 0 Å². The number of aromatic nitrogens is 1. The maximum absolute atomic E-state index is 14.2. The summed E-state index contributed by atoms with van der Waals surface area (Å²) in [5.74, 6) is -23.3. The minimum atomic E-state index is -5.31. The number of anilines is 1.